The number of ether oxygens (including phenoxy) is 8. The third kappa shape index (κ3) is 20.7. The van der Waals surface area contributed by atoms with E-state index in [0.29, 0.717) is 137 Å². The summed E-state index contributed by atoms with van der Waals surface area (Å²) in [7, 11) is 4.19. The molecule has 0 radical (unpaired) electrons. The van der Waals surface area contributed by atoms with E-state index in [9.17, 15) is 9.59 Å². The lowest BCUT2D eigenvalue weighted by Gasteiger charge is -2.33. The zero-order valence-corrected chi connectivity index (χ0v) is 50.5. The Bertz CT molecular complexity index is 2830. The lowest BCUT2D eigenvalue weighted by molar-refractivity contribution is -0.126. The molecule has 23 heteroatoms. The molecule has 4 heterocycles. The fraction of sp³-hybridized carbons (Fsp3) is 0.433. The Hall–Kier alpha value is -5.29. The number of rotatable bonds is 33. The Kier molecular flexibility index (Phi) is 27.2. The van der Waals surface area contributed by atoms with E-state index in [1.807, 2.05) is 48.5 Å². The molecule has 18 nitrogen and oxygen atoms in total. The first-order chi connectivity index (χ1) is 40.0. The minimum Gasteiger partial charge on any atom is -0.475 e. The van der Waals surface area contributed by atoms with Gasteiger partial charge in [0, 0.05) is 107 Å². The molecule has 446 valence electrons. The molecule has 8 rings (SSSR count). The number of fused-ring (bicyclic) bond motifs is 2. The van der Waals surface area contributed by atoms with Crippen LogP contribution in [0.3, 0.4) is 0 Å². The number of carbonyl (C=O) groups is 2. The molecule has 0 aliphatic carbocycles. The second kappa shape index (κ2) is 34.6. The fourth-order valence-electron chi connectivity index (χ4n) is 9.67. The van der Waals surface area contributed by atoms with Gasteiger partial charge in [-0.15, -0.1) is 12.4 Å². The van der Waals surface area contributed by atoms with Crippen molar-refractivity contribution in [1.82, 2.24) is 40.4 Å². The molecule has 2 aliphatic heterocycles. The van der Waals surface area contributed by atoms with Crippen LogP contribution < -0.4 is 20.1 Å². The third-order valence-corrected chi connectivity index (χ3v) is 14.7. The number of hydrogen-bond donors (Lipinski definition) is 2. The third-order valence-electron chi connectivity index (χ3n) is 13.6. The van der Waals surface area contributed by atoms with Gasteiger partial charge >= 0.3 is 0 Å². The molecular formula is C60H71Cl5N8O10. The largest absolute Gasteiger partial charge is 0.475 e. The van der Waals surface area contributed by atoms with Crippen molar-refractivity contribution >= 4 is 70.6 Å². The molecule has 0 saturated carbocycles. The molecule has 0 fully saturated rings. The van der Waals surface area contributed by atoms with Crippen molar-refractivity contribution in [3.8, 4) is 34.3 Å². The lowest BCUT2D eigenvalue weighted by Crippen LogP contribution is -2.31. The number of nitrogens with zero attached hydrogens (tertiary/aromatic N) is 6. The molecule has 0 saturated heterocycles. The number of hydrogen-bond acceptors (Lipinski definition) is 16. The number of nitrogens with one attached hydrogen (secondary N) is 2. The zero-order valence-electron chi connectivity index (χ0n) is 46.6. The van der Waals surface area contributed by atoms with Gasteiger partial charge < -0.3 is 58.3 Å². The molecule has 0 unspecified atom stereocenters. The average Bonchev–Trinajstić information content (AvgIpc) is 3.01. The van der Waals surface area contributed by atoms with Crippen LogP contribution in [0, 0.1) is 0 Å². The zero-order chi connectivity index (χ0) is 57.5. The van der Waals surface area contributed by atoms with Crippen LogP contribution in [-0.4, -0.2) is 174 Å². The summed E-state index contributed by atoms with van der Waals surface area (Å²) in [6.07, 6.45) is 3.13. The standard InChI is InChI=1S/C60H70Cl4N8O10.ClH/c1-71-35-49(47-29-45(61)31-53(63)51(47)37-71)41-5-3-7-43(27-41)55-33-59(69-39-67-55)81-25-23-79-21-19-77-17-15-75-13-11-65-57(73)9-10-58(74)66-12-14-76-16-18-78-20-22-80-24-26-82-60-34-56(68-40-70-60)44-8-4-6-42(28-44)50-36-72(2)38-52-48(50)30-46(62)32-54(52)64;/h3-8,27-34,39-40,49-50H,9-26,35-38H2,1-2H3,(H,65,73)(H,66,74);1H/t49-,50-;/m0./s1. The highest BCUT2D eigenvalue weighted by atomic mass is 35.5. The molecule has 2 amide bonds. The topological polar surface area (TPSA) is 190 Å². The van der Waals surface area contributed by atoms with Crippen molar-refractivity contribution in [1.29, 1.82) is 0 Å². The van der Waals surface area contributed by atoms with E-state index in [1.54, 1.807) is 12.1 Å². The maximum absolute atomic E-state index is 12.2. The predicted octanol–water partition coefficient (Wildman–Crippen LogP) is 9.36. The number of likely N-dealkylation sites (N-methyl/N-ethyl adjacent to an activating group) is 2. The number of carbonyl (C=O) groups excluding carboxylic acids is 2. The Balaban J connectivity index is 0.00000990. The summed E-state index contributed by atoms with van der Waals surface area (Å²) < 4.78 is 45.3. The quantitative estimate of drug-likeness (QED) is 0.0370. The van der Waals surface area contributed by atoms with Crippen molar-refractivity contribution in [2.75, 3.05) is 133 Å². The molecule has 2 aromatic heterocycles. The monoisotopic (exact) mass is 1240 g/mol. The second-order valence-electron chi connectivity index (χ2n) is 19.7. The van der Waals surface area contributed by atoms with Crippen LogP contribution in [-0.2, 0) is 51.1 Å². The highest BCUT2D eigenvalue weighted by molar-refractivity contribution is 6.35. The number of benzene rings is 4. The summed E-state index contributed by atoms with van der Waals surface area (Å²) in [6.45, 7) is 8.90. The number of aromatic nitrogens is 4. The maximum atomic E-state index is 12.2. The van der Waals surface area contributed by atoms with Gasteiger partial charge in [0.2, 0.25) is 23.6 Å². The Morgan fingerprint density at radius 3 is 1.27 bits per heavy atom. The first-order valence-corrected chi connectivity index (χ1v) is 28.9. The summed E-state index contributed by atoms with van der Waals surface area (Å²) in [6, 6.07) is 28.0. The van der Waals surface area contributed by atoms with Gasteiger partial charge in [0.25, 0.3) is 0 Å². The van der Waals surface area contributed by atoms with Crippen LogP contribution in [0.2, 0.25) is 20.1 Å². The number of amides is 2. The molecular weight excluding hydrogens is 1170 g/mol. The smallest absolute Gasteiger partial charge is 0.220 e. The Labute approximate surface area is 511 Å². The minimum atomic E-state index is -0.231. The van der Waals surface area contributed by atoms with Crippen molar-refractivity contribution in [2.24, 2.45) is 0 Å². The molecule has 2 atom stereocenters. The van der Waals surface area contributed by atoms with Crippen LogP contribution in [0.4, 0.5) is 0 Å². The van der Waals surface area contributed by atoms with Gasteiger partial charge in [-0.25, -0.2) is 19.9 Å². The highest BCUT2D eigenvalue weighted by Gasteiger charge is 2.29. The van der Waals surface area contributed by atoms with Crippen molar-refractivity contribution in [2.45, 2.75) is 37.8 Å². The summed E-state index contributed by atoms with van der Waals surface area (Å²) in [5.41, 5.74) is 10.2. The van der Waals surface area contributed by atoms with Gasteiger partial charge in [-0.1, -0.05) is 82.8 Å². The van der Waals surface area contributed by atoms with Gasteiger partial charge in [0.15, 0.2) is 0 Å². The predicted molar refractivity (Wildman–Crippen MR) is 323 cm³/mol. The van der Waals surface area contributed by atoms with Crippen LogP contribution >= 0.6 is 58.8 Å². The van der Waals surface area contributed by atoms with E-state index in [4.69, 9.17) is 84.3 Å². The molecule has 4 aromatic carbocycles. The summed E-state index contributed by atoms with van der Waals surface area (Å²) in [5, 5.41) is 8.16. The first-order valence-electron chi connectivity index (χ1n) is 27.4. The van der Waals surface area contributed by atoms with Gasteiger partial charge in [0.05, 0.1) is 90.7 Å². The van der Waals surface area contributed by atoms with Crippen LogP contribution in [0.25, 0.3) is 22.5 Å². The average molecular weight is 1240 g/mol. The molecule has 0 bridgehead atoms. The molecule has 6 aromatic rings. The van der Waals surface area contributed by atoms with Crippen molar-refractivity contribution in [3.63, 3.8) is 0 Å². The molecule has 2 N–H and O–H groups in total. The normalized spacial score (nSPS) is 15.0. The van der Waals surface area contributed by atoms with Gasteiger partial charge in [-0.3, -0.25) is 9.59 Å². The van der Waals surface area contributed by atoms with E-state index in [2.05, 4.69) is 78.7 Å². The van der Waals surface area contributed by atoms with E-state index in [1.165, 1.54) is 12.7 Å². The van der Waals surface area contributed by atoms with E-state index < -0.39 is 0 Å². The van der Waals surface area contributed by atoms with Crippen LogP contribution in [0.5, 0.6) is 11.8 Å². The number of halogens is 5. The maximum Gasteiger partial charge on any atom is 0.220 e. The van der Waals surface area contributed by atoms with Crippen LogP contribution in [0.1, 0.15) is 58.1 Å². The highest BCUT2D eigenvalue weighted by Crippen LogP contribution is 2.41. The van der Waals surface area contributed by atoms with Crippen LogP contribution in [0.15, 0.2) is 97.6 Å². The second-order valence-corrected chi connectivity index (χ2v) is 21.4. The van der Waals surface area contributed by atoms with E-state index in [0.717, 1.165) is 82.1 Å². The van der Waals surface area contributed by atoms with Gasteiger partial charge in [-0.2, -0.15) is 0 Å². The molecule has 2 aliphatic rings. The minimum absolute atomic E-state index is 0. The summed E-state index contributed by atoms with van der Waals surface area (Å²) in [5.74, 6) is 0.664. The molecule has 83 heavy (non-hydrogen) atoms. The summed E-state index contributed by atoms with van der Waals surface area (Å²) >= 11 is 26.1. The summed E-state index contributed by atoms with van der Waals surface area (Å²) in [4.78, 5) is 46.5. The van der Waals surface area contributed by atoms with Gasteiger partial charge in [-0.05, 0) is 83.9 Å². The Morgan fingerprint density at radius 2 is 0.867 bits per heavy atom. The fourth-order valence-corrected chi connectivity index (χ4v) is 10.8. The Morgan fingerprint density at radius 1 is 0.494 bits per heavy atom. The van der Waals surface area contributed by atoms with Gasteiger partial charge in [0.1, 0.15) is 25.9 Å². The SMILES string of the molecule is CN1Cc2c(Cl)cc(Cl)cc2[C@H](c2cccc(-c3cc(OCCOCCOCCOCCNC(=O)CCC(=O)NCCOCCOCCOCCOc4cc(-c5cccc([C@@H]6CN(C)Cc7c(Cl)cc(Cl)cc76)c5)ncn4)ncn3)c2)C1.Cl. The first kappa shape index (κ1) is 65.3. The van der Waals surface area contributed by atoms with Crippen molar-refractivity contribution < 1.29 is 47.5 Å². The van der Waals surface area contributed by atoms with E-state index >= 15 is 0 Å². The van der Waals surface area contributed by atoms with Crippen molar-refractivity contribution in [3.05, 3.63) is 151 Å². The van der Waals surface area contributed by atoms with E-state index in [-0.39, 0.29) is 48.9 Å². The molecule has 0 spiro atoms. The lowest BCUT2D eigenvalue weighted by atomic mass is 9.84.